The molecule has 1 amide bonds. The van der Waals surface area contributed by atoms with Gasteiger partial charge in [0.15, 0.2) is 0 Å². The number of rotatable bonds is 8. The summed E-state index contributed by atoms with van der Waals surface area (Å²) < 4.78 is 5.64. The van der Waals surface area contributed by atoms with E-state index in [9.17, 15) is 14.7 Å². The molecule has 0 unspecified atom stereocenters. The molecular formula is C22H22N2O5. The molecule has 7 nitrogen and oxygen atoms in total. The van der Waals surface area contributed by atoms with Crippen LogP contribution in [0.2, 0.25) is 0 Å². The van der Waals surface area contributed by atoms with Crippen LogP contribution in [0.4, 0.5) is 10.5 Å². The molecule has 3 N–H and O–H groups in total. The number of anilines is 1. The van der Waals surface area contributed by atoms with Crippen molar-refractivity contribution in [2.24, 2.45) is 5.92 Å². The molecule has 0 aliphatic carbocycles. The molecule has 150 valence electrons. The first-order valence-corrected chi connectivity index (χ1v) is 9.05. The van der Waals surface area contributed by atoms with Gasteiger partial charge in [-0.2, -0.15) is 5.26 Å². The fourth-order valence-electron chi connectivity index (χ4n) is 2.76. The first-order valence-electron chi connectivity index (χ1n) is 9.05. The zero-order chi connectivity index (χ0) is 21.2. The van der Waals surface area contributed by atoms with Gasteiger partial charge in [0.05, 0.1) is 11.6 Å². The number of nitriles is 1. The van der Waals surface area contributed by atoms with E-state index < -0.39 is 18.2 Å². The third kappa shape index (κ3) is 7.03. The number of ether oxygens (including phenoxy) is 1. The lowest BCUT2D eigenvalue weighted by molar-refractivity contribution is -0.131. The molecule has 0 aromatic heterocycles. The second-order valence-electron chi connectivity index (χ2n) is 6.53. The van der Waals surface area contributed by atoms with E-state index in [0.717, 1.165) is 6.08 Å². The Kier molecular flexibility index (Phi) is 7.80. The summed E-state index contributed by atoms with van der Waals surface area (Å²) in [7, 11) is 0. The quantitative estimate of drug-likeness (QED) is 0.562. The highest BCUT2D eigenvalue weighted by atomic mass is 16.6. The topological polar surface area (TPSA) is 120 Å². The van der Waals surface area contributed by atoms with Crippen molar-refractivity contribution in [1.82, 2.24) is 0 Å². The van der Waals surface area contributed by atoms with E-state index in [1.807, 2.05) is 13.0 Å². The van der Waals surface area contributed by atoms with E-state index in [1.165, 1.54) is 12.1 Å². The molecule has 2 aromatic carbocycles. The molecular weight excluding hydrogens is 372 g/mol. The Labute approximate surface area is 168 Å². The van der Waals surface area contributed by atoms with E-state index in [-0.39, 0.29) is 11.7 Å². The molecule has 0 saturated heterocycles. The largest absolute Gasteiger partial charge is 0.508 e. The molecule has 0 fully saturated rings. The van der Waals surface area contributed by atoms with Gasteiger partial charge in [0, 0.05) is 11.8 Å². The third-order valence-corrected chi connectivity index (χ3v) is 4.28. The Morgan fingerprint density at radius 2 is 1.83 bits per heavy atom. The van der Waals surface area contributed by atoms with Crippen molar-refractivity contribution < 1.29 is 24.5 Å². The van der Waals surface area contributed by atoms with Crippen LogP contribution in [0.1, 0.15) is 37.0 Å². The highest BCUT2D eigenvalue weighted by Gasteiger charge is 2.23. The second kappa shape index (κ2) is 10.5. The van der Waals surface area contributed by atoms with Crippen LogP contribution in [0.25, 0.3) is 0 Å². The number of carboxylic acid groups (broad SMARTS) is 1. The lowest BCUT2D eigenvalue weighted by Gasteiger charge is -2.24. The number of aromatic hydroxyl groups is 1. The molecule has 29 heavy (non-hydrogen) atoms. The van der Waals surface area contributed by atoms with Gasteiger partial charge in [0.2, 0.25) is 0 Å². The second-order valence-corrected chi connectivity index (χ2v) is 6.53. The number of nitrogens with one attached hydrogen (secondary N) is 1. The minimum Gasteiger partial charge on any atom is -0.508 e. The molecule has 2 atom stereocenters. The maximum absolute atomic E-state index is 12.4. The van der Waals surface area contributed by atoms with Crippen LogP contribution >= 0.6 is 0 Å². The van der Waals surface area contributed by atoms with E-state index in [1.54, 1.807) is 42.5 Å². The maximum atomic E-state index is 12.4. The van der Waals surface area contributed by atoms with Crippen LogP contribution in [-0.2, 0) is 9.53 Å². The van der Waals surface area contributed by atoms with Crippen molar-refractivity contribution in [2.75, 3.05) is 5.32 Å². The number of carboxylic acids is 1. The van der Waals surface area contributed by atoms with Crippen molar-refractivity contribution in [3.63, 3.8) is 0 Å². The summed E-state index contributed by atoms with van der Waals surface area (Å²) in [5, 5.41) is 29.7. The number of hydrogen-bond acceptors (Lipinski definition) is 5. The summed E-state index contributed by atoms with van der Waals surface area (Å²) in [4.78, 5) is 23.0. The van der Waals surface area contributed by atoms with E-state index in [4.69, 9.17) is 15.1 Å². The minimum absolute atomic E-state index is 0.103. The van der Waals surface area contributed by atoms with Crippen molar-refractivity contribution in [3.8, 4) is 11.8 Å². The van der Waals surface area contributed by atoms with Gasteiger partial charge in [-0.15, -0.1) is 0 Å². The number of phenolic OH excluding ortho intramolecular Hbond substituents is 1. The number of hydrogen-bond donors (Lipinski definition) is 3. The number of aliphatic carboxylic acids is 1. The van der Waals surface area contributed by atoms with Crippen molar-refractivity contribution in [2.45, 2.75) is 25.9 Å². The predicted octanol–water partition coefficient (Wildman–Crippen LogP) is 4.61. The fourth-order valence-corrected chi connectivity index (χ4v) is 2.76. The van der Waals surface area contributed by atoms with Gasteiger partial charge in [-0.05, 0) is 60.7 Å². The first kappa shape index (κ1) is 21.5. The molecule has 0 aliphatic heterocycles. The third-order valence-electron chi connectivity index (χ3n) is 4.28. The van der Waals surface area contributed by atoms with Gasteiger partial charge in [-0.1, -0.05) is 25.1 Å². The van der Waals surface area contributed by atoms with Crippen molar-refractivity contribution >= 4 is 17.7 Å². The van der Waals surface area contributed by atoms with Crippen molar-refractivity contribution in [1.29, 1.82) is 5.26 Å². The van der Waals surface area contributed by atoms with Gasteiger partial charge in [-0.3, -0.25) is 5.32 Å². The lowest BCUT2D eigenvalue weighted by atomic mass is 9.93. The Morgan fingerprint density at radius 1 is 1.17 bits per heavy atom. The highest BCUT2D eigenvalue weighted by molar-refractivity contribution is 5.84. The zero-order valence-electron chi connectivity index (χ0n) is 15.9. The molecule has 0 saturated carbocycles. The SMILES string of the molecule is C[C@H](CC/C=C/C(=O)O)[C@@H](OC(=O)Nc1ccc(C#N)cc1)c1ccc(O)cc1. The normalized spacial score (nSPS) is 12.7. The number of phenols is 1. The van der Waals surface area contributed by atoms with Crippen LogP contribution in [0.5, 0.6) is 5.75 Å². The van der Waals surface area contributed by atoms with Crippen LogP contribution in [0, 0.1) is 17.2 Å². The monoisotopic (exact) mass is 394 g/mol. The highest BCUT2D eigenvalue weighted by Crippen LogP contribution is 2.31. The number of nitrogens with zero attached hydrogens (tertiary/aromatic N) is 1. The van der Waals surface area contributed by atoms with E-state index >= 15 is 0 Å². The van der Waals surface area contributed by atoms with Crippen LogP contribution in [0.15, 0.2) is 60.7 Å². The molecule has 0 radical (unpaired) electrons. The molecule has 0 heterocycles. The molecule has 2 aromatic rings. The van der Waals surface area contributed by atoms with E-state index in [0.29, 0.717) is 29.7 Å². The molecule has 7 heteroatoms. The summed E-state index contributed by atoms with van der Waals surface area (Å²) in [5.74, 6) is -1.01. The van der Waals surface area contributed by atoms with Gasteiger partial charge in [0.25, 0.3) is 0 Å². The molecule has 0 aliphatic rings. The Morgan fingerprint density at radius 3 is 2.41 bits per heavy atom. The minimum atomic E-state index is -1.01. The maximum Gasteiger partial charge on any atom is 0.412 e. The summed E-state index contributed by atoms with van der Waals surface area (Å²) in [6, 6.07) is 14.8. The smallest absolute Gasteiger partial charge is 0.412 e. The van der Waals surface area contributed by atoms with E-state index in [2.05, 4.69) is 5.32 Å². The number of allylic oxidation sites excluding steroid dienone is 1. The summed E-state index contributed by atoms with van der Waals surface area (Å²) in [5.41, 5.74) is 1.69. The number of carbonyl (C=O) groups is 2. The lowest BCUT2D eigenvalue weighted by Crippen LogP contribution is -2.22. The molecule has 0 spiro atoms. The first-order chi connectivity index (χ1) is 13.9. The summed E-state index contributed by atoms with van der Waals surface area (Å²) in [6.07, 6.45) is 2.51. The van der Waals surface area contributed by atoms with Crippen molar-refractivity contribution in [3.05, 3.63) is 71.8 Å². The standard InChI is InChI=1S/C22H22N2O5/c1-15(4-2-3-5-20(26)27)21(17-8-12-19(25)13-9-17)29-22(28)24-18-10-6-16(14-23)7-11-18/h3,5-13,15,21,25H,2,4H2,1H3,(H,24,28)(H,26,27)/b5-3+/t15-,21-/m1/s1. The van der Waals surface area contributed by atoms with Crippen LogP contribution < -0.4 is 5.32 Å². The van der Waals surface area contributed by atoms with Crippen LogP contribution in [-0.4, -0.2) is 22.3 Å². The Bertz CT molecular complexity index is 898. The average Bonchev–Trinajstić information content (AvgIpc) is 2.70. The van der Waals surface area contributed by atoms with Gasteiger partial charge >= 0.3 is 12.1 Å². The number of carbonyl (C=O) groups excluding carboxylic acids is 1. The number of benzene rings is 2. The average molecular weight is 394 g/mol. The Hall–Kier alpha value is -3.79. The summed E-state index contributed by atoms with van der Waals surface area (Å²) in [6.45, 7) is 1.90. The predicted molar refractivity (Wildman–Crippen MR) is 107 cm³/mol. The van der Waals surface area contributed by atoms with Crippen LogP contribution in [0.3, 0.4) is 0 Å². The van der Waals surface area contributed by atoms with Gasteiger partial charge < -0.3 is 14.9 Å². The zero-order valence-corrected chi connectivity index (χ0v) is 15.9. The Balaban J connectivity index is 2.09. The summed E-state index contributed by atoms with van der Waals surface area (Å²) >= 11 is 0. The van der Waals surface area contributed by atoms with Gasteiger partial charge in [0.1, 0.15) is 11.9 Å². The number of amides is 1. The molecule has 0 bridgehead atoms. The van der Waals surface area contributed by atoms with Gasteiger partial charge in [-0.25, -0.2) is 9.59 Å². The molecule has 2 rings (SSSR count). The fraction of sp³-hybridized carbons (Fsp3) is 0.227.